The Labute approximate surface area is 186 Å². The Morgan fingerprint density at radius 2 is 1.75 bits per heavy atom. The number of methoxy groups -OCH3 is 2. The summed E-state index contributed by atoms with van der Waals surface area (Å²) in [6.07, 6.45) is 0. The van der Waals surface area contributed by atoms with Crippen molar-refractivity contribution in [3.63, 3.8) is 0 Å². The van der Waals surface area contributed by atoms with Crippen molar-refractivity contribution in [2.75, 3.05) is 25.7 Å². The van der Waals surface area contributed by atoms with Gasteiger partial charge in [-0.2, -0.15) is 0 Å². The van der Waals surface area contributed by atoms with Gasteiger partial charge in [-0.05, 0) is 35.7 Å². The second-order valence-electron chi connectivity index (χ2n) is 6.53. The molecule has 0 aliphatic rings. The lowest BCUT2D eigenvalue weighted by Crippen LogP contribution is -2.31. The van der Waals surface area contributed by atoms with Gasteiger partial charge in [-0.25, -0.2) is 8.78 Å². The van der Waals surface area contributed by atoms with Gasteiger partial charge in [0.05, 0.1) is 26.5 Å². The SMILES string of the molecule is COc1cc(C(=O)N(Cc2cccs2)c2ccc(F)cc2F)cc(OC)c1OCC(N)=O. The lowest BCUT2D eigenvalue weighted by molar-refractivity contribution is -0.120. The minimum Gasteiger partial charge on any atom is -0.493 e. The minimum atomic E-state index is -0.879. The first-order valence-electron chi connectivity index (χ1n) is 9.30. The van der Waals surface area contributed by atoms with Crippen LogP contribution in [0.1, 0.15) is 15.2 Å². The summed E-state index contributed by atoms with van der Waals surface area (Å²) in [4.78, 5) is 26.5. The summed E-state index contributed by atoms with van der Waals surface area (Å²) in [5.74, 6) is -2.60. The molecule has 0 spiro atoms. The van der Waals surface area contributed by atoms with Crippen molar-refractivity contribution in [2.45, 2.75) is 6.54 Å². The van der Waals surface area contributed by atoms with Gasteiger partial charge in [0, 0.05) is 16.5 Å². The van der Waals surface area contributed by atoms with Gasteiger partial charge in [-0.1, -0.05) is 6.07 Å². The average molecular weight is 462 g/mol. The largest absolute Gasteiger partial charge is 0.493 e. The zero-order chi connectivity index (χ0) is 23.3. The number of rotatable bonds is 9. The molecular weight excluding hydrogens is 442 g/mol. The fourth-order valence-electron chi connectivity index (χ4n) is 2.97. The number of benzene rings is 2. The van der Waals surface area contributed by atoms with Crippen LogP contribution >= 0.6 is 11.3 Å². The Kier molecular flexibility index (Phi) is 7.26. The van der Waals surface area contributed by atoms with Crippen molar-refractivity contribution in [3.8, 4) is 17.2 Å². The molecule has 1 aromatic heterocycles. The topological polar surface area (TPSA) is 91.1 Å². The van der Waals surface area contributed by atoms with Crippen LogP contribution in [-0.2, 0) is 11.3 Å². The van der Waals surface area contributed by atoms with Crippen LogP contribution in [0, 0.1) is 11.6 Å². The molecule has 10 heteroatoms. The first-order valence-corrected chi connectivity index (χ1v) is 10.2. The van der Waals surface area contributed by atoms with Crippen LogP contribution in [0.2, 0.25) is 0 Å². The average Bonchev–Trinajstić information content (AvgIpc) is 3.28. The first kappa shape index (κ1) is 23.0. The molecule has 3 rings (SSSR count). The standard InChI is InChI=1S/C22H20F2N2O5S/c1-29-18-8-13(9-19(30-2)21(18)31-12-20(25)27)22(28)26(11-15-4-3-7-32-15)17-6-5-14(23)10-16(17)24/h3-10H,11-12H2,1-2H3,(H2,25,27). The van der Waals surface area contributed by atoms with Gasteiger partial charge >= 0.3 is 0 Å². The van der Waals surface area contributed by atoms with E-state index < -0.39 is 30.1 Å². The van der Waals surface area contributed by atoms with E-state index in [1.807, 2.05) is 5.38 Å². The van der Waals surface area contributed by atoms with Gasteiger partial charge in [0.25, 0.3) is 11.8 Å². The summed E-state index contributed by atoms with van der Waals surface area (Å²) < 4.78 is 44.0. The Hall–Kier alpha value is -3.66. The lowest BCUT2D eigenvalue weighted by Gasteiger charge is -2.24. The quantitative estimate of drug-likeness (QED) is 0.523. The molecule has 168 valence electrons. The number of primary amides is 1. The molecule has 2 aromatic carbocycles. The first-order chi connectivity index (χ1) is 15.3. The third kappa shape index (κ3) is 5.14. The minimum absolute atomic E-state index is 0.0591. The molecule has 0 saturated heterocycles. The predicted octanol–water partition coefficient (Wildman–Crippen LogP) is 3.75. The molecule has 32 heavy (non-hydrogen) atoms. The number of carbonyl (C=O) groups excluding carboxylic acids is 2. The Morgan fingerprint density at radius 3 is 2.28 bits per heavy atom. The van der Waals surface area contributed by atoms with Crippen LogP contribution in [0.15, 0.2) is 47.8 Å². The maximum Gasteiger partial charge on any atom is 0.258 e. The Bertz CT molecular complexity index is 1100. The van der Waals surface area contributed by atoms with Gasteiger partial charge in [0.15, 0.2) is 18.1 Å². The zero-order valence-electron chi connectivity index (χ0n) is 17.3. The normalized spacial score (nSPS) is 10.5. The van der Waals surface area contributed by atoms with Crippen LogP contribution in [-0.4, -0.2) is 32.6 Å². The third-order valence-corrected chi connectivity index (χ3v) is 5.27. The summed E-state index contributed by atoms with van der Waals surface area (Å²) in [6.45, 7) is -0.366. The van der Waals surface area contributed by atoms with E-state index in [1.165, 1.54) is 48.7 Å². The van der Waals surface area contributed by atoms with Crippen molar-refractivity contribution < 1.29 is 32.6 Å². The van der Waals surface area contributed by atoms with Crippen molar-refractivity contribution in [1.29, 1.82) is 0 Å². The summed E-state index contributed by atoms with van der Waals surface area (Å²) in [5.41, 5.74) is 5.14. The number of anilines is 1. The highest BCUT2D eigenvalue weighted by Crippen LogP contribution is 2.39. The van der Waals surface area contributed by atoms with E-state index in [2.05, 4.69) is 0 Å². The van der Waals surface area contributed by atoms with E-state index in [4.69, 9.17) is 19.9 Å². The van der Waals surface area contributed by atoms with E-state index >= 15 is 0 Å². The maximum atomic E-state index is 14.6. The van der Waals surface area contributed by atoms with Crippen LogP contribution in [0.5, 0.6) is 17.2 Å². The highest BCUT2D eigenvalue weighted by atomic mass is 32.1. The molecule has 1 heterocycles. The second-order valence-corrected chi connectivity index (χ2v) is 7.56. The van der Waals surface area contributed by atoms with E-state index in [9.17, 15) is 18.4 Å². The Balaban J connectivity index is 2.06. The molecule has 3 aromatic rings. The summed E-state index contributed by atoms with van der Waals surface area (Å²) in [6, 6.07) is 9.36. The van der Waals surface area contributed by atoms with Crippen molar-refractivity contribution in [1.82, 2.24) is 0 Å². The fraction of sp³-hybridized carbons (Fsp3) is 0.182. The van der Waals surface area contributed by atoms with Gasteiger partial charge in [0.2, 0.25) is 5.75 Å². The van der Waals surface area contributed by atoms with Crippen molar-refractivity contribution in [3.05, 3.63) is 69.9 Å². The smallest absolute Gasteiger partial charge is 0.258 e. The molecular formula is C22H20F2N2O5S. The maximum absolute atomic E-state index is 14.6. The monoisotopic (exact) mass is 462 g/mol. The number of carbonyl (C=O) groups is 2. The summed E-state index contributed by atoms with van der Waals surface area (Å²) in [7, 11) is 2.70. The van der Waals surface area contributed by atoms with Crippen LogP contribution < -0.4 is 24.8 Å². The number of thiophene rings is 1. The zero-order valence-corrected chi connectivity index (χ0v) is 18.1. The highest BCUT2D eigenvalue weighted by Gasteiger charge is 2.25. The molecule has 0 saturated carbocycles. The van der Waals surface area contributed by atoms with Crippen molar-refractivity contribution in [2.24, 2.45) is 5.73 Å². The van der Waals surface area contributed by atoms with Gasteiger partial charge < -0.3 is 24.8 Å². The highest BCUT2D eigenvalue weighted by molar-refractivity contribution is 7.09. The molecule has 0 radical (unpaired) electrons. The molecule has 0 aliphatic heterocycles. The number of ether oxygens (including phenoxy) is 3. The van der Waals surface area contributed by atoms with E-state index in [0.29, 0.717) is 6.07 Å². The van der Waals surface area contributed by atoms with Crippen molar-refractivity contribution >= 4 is 28.8 Å². The molecule has 0 unspecified atom stereocenters. The van der Waals surface area contributed by atoms with Crippen LogP contribution in [0.25, 0.3) is 0 Å². The molecule has 0 bridgehead atoms. The summed E-state index contributed by atoms with van der Waals surface area (Å²) in [5, 5.41) is 1.83. The van der Waals surface area contributed by atoms with Gasteiger partial charge in [-0.3, -0.25) is 9.59 Å². The van der Waals surface area contributed by atoms with Crippen LogP contribution in [0.3, 0.4) is 0 Å². The number of hydrogen-bond acceptors (Lipinski definition) is 6. The van der Waals surface area contributed by atoms with E-state index in [-0.39, 0.29) is 35.0 Å². The molecule has 2 amide bonds. The molecule has 2 N–H and O–H groups in total. The molecule has 0 aliphatic carbocycles. The second kappa shape index (κ2) is 10.1. The molecule has 0 atom stereocenters. The number of nitrogens with two attached hydrogens (primary N) is 1. The fourth-order valence-corrected chi connectivity index (χ4v) is 3.66. The molecule has 7 nitrogen and oxygen atoms in total. The van der Waals surface area contributed by atoms with Gasteiger partial charge in [0.1, 0.15) is 11.6 Å². The van der Waals surface area contributed by atoms with Crippen LogP contribution in [0.4, 0.5) is 14.5 Å². The summed E-state index contributed by atoms with van der Waals surface area (Å²) >= 11 is 1.39. The number of halogens is 2. The lowest BCUT2D eigenvalue weighted by atomic mass is 10.1. The number of amides is 2. The van der Waals surface area contributed by atoms with E-state index in [1.54, 1.807) is 12.1 Å². The predicted molar refractivity (Wildman–Crippen MR) is 115 cm³/mol. The number of nitrogens with zero attached hydrogens (tertiary/aromatic N) is 1. The third-order valence-electron chi connectivity index (χ3n) is 4.41. The Morgan fingerprint density at radius 1 is 1.06 bits per heavy atom. The van der Waals surface area contributed by atoms with E-state index in [0.717, 1.165) is 10.9 Å². The number of hydrogen-bond donors (Lipinski definition) is 1. The molecule has 0 fully saturated rings. The van der Waals surface area contributed by atoms with Gasteiger partial charge in [-0.15, -0.1) is 11.3 Å².